The van der Waals surface area contributed by atoms with Gasteiger partial charge in [0.1, 0.15) is 0 Å². The predicted molar refractivity (Wildman–Crippen MR) is 91.9 cm³/mol. The molecule has 0 saturated heterocycles. The van der Waals surface area contributed by atoms with Crippen molar-refractivity contribution in [2.75, 3.05) is 18.0 Å². The molecule has 1 N–H and O–H groups in total. The second-order valence-corrected chi connectivity index (χ2v) is 5.47. The molecule has 0 saturated carbocycles. The third-order valence-electron chi connectivity index (χ3n) is 4.08. The van der Waals surface area contributed by atoms with Gasteiger partial charge in [-0.15, -0.1) is 0 Å². The molecule has 1 heterocycles. The number of para-hydroxylation sites is 1. The molecule has 3 heteroatoms. The van der Waals surface area contributed by atoms with Crippen molar-refractivity contribution in [3.63, 3.8) is 0 Å². The van der Waals surface area contributed by atoms with Gasteiger partial charge in [0.2, 0.25) is 0 Å². The molecule has 2 rings (SSSR count). The van der Waals surface area contributed by atoms with Crippen molar-refractivity contribution >= 4 is 16.6 Å². The lowest BCUT2D eigenvalue weighted by atomic mass is 10.1. The Kier molecular flexibility index (Phi) is 5.57. The average molecular weight is 285 g/mol. The highest BCUT2D eigenvalue weighted by atomic mass is 15.2. The van der Waals surface area contributed by atoms with Crippen molar-refractivity contribution < 1.29 is 0 Å². The Balaban J connectivity index is 2.52. The van der Waals surface area contributed by atoms with E-state index in [4.69, 9.17) is 4.98 Å². The van der Waals surface area contributed by atoms with E-state index in [-0.39, 0.29) is 0 Å². The lowest BCUT2D eigenvalue weighted by Gasteiger charge is -2.31. The highest BCUT2D eigenvalue weighted by Crippen LogP contribution is 2.28. The van der Waals surface area contributed by atoms with Crippen LogP contribution < -0.4 is 10.2 Å². The summed E-state index contributed by atoms with van der Waals surface area (Å²) in [6.45, 7) is 11.7. The molecule has 0 aliphatic rings. The van der Waals surface area contributed by atoms with Crippen LogP contribution in [0.25, 0.3) is 10.9 Å². The summed E-state index contributed by atoms with van der Waals surface area (Å²) in [5.41, 5.74) is 3.52. The monoisotopic (exact) mass is 285 g/mol. The van der Waals surface area contributed by atoms with E-state index in [1.807, 2.05) is 0 Å². The molecule has 21 heavy (non-hydrogen) atoms. The summed E-state index contributed by atoms with van der Waals surface area (Å²) in [7, 11) is 0. The number of hydrogen-bond donors (Lipinski definition) is 1. The number of aromatic nitrogens is 1. The van der Waals surface area contributed by atoms with E-state index < -0.39 is 0 Å². The van der Waals surface area contributed by atoms with Gasteiger partial charge in [-0.05, 0) is 38.9 Å². The van der Waals surface area contributed by atoms with Gasteiger partial charge in [-0.25, -0.2) is 0 Å². The third-order valence-corrected chi connectivity index (χ3v) is 4.08. The van der Waals surface area contributed by atoms with Crippen LogP contribution in [0.5, 0.6) is 0 Å². The summed E-state index contributed by atoms with van der Waals surface area (Å²) < 4.78 is 0. The minimum absolute atomic E-state index is 0.535. The zero-order valence-electron chi connectivity index (χ0n) is 13.7. The molecular weight excluding hydrogens is 258 g/mol. The molecular formula is C18H27N3. The van der Waals surface area contributed by atoms with Crippen molar-refractivity contribution in [3.05, 3.63) is 36.0 Å². The first kappa shape index (κ1) is 15.8. The van der Waals surface area contributed by atoms with Crippen molar-refractivity contribution in [3.8, 4) is 0 Å². The van der Waals surface area contributed by atoms with Crippen LogP contribution in [-0.4, -0.2) is 24.1 Å². The van der Waals surface area contributed by atoms with E-state index in [0.717, 1.165) is 37.3 Å². The van der Waals surface area contributed by atoms with Crippen LogP contribution in [0.1, 0.15) is 39.8 Å². The maximum absolute atomic E-state index is 4.79. The number of nitrogens with one attached hydrogen (secondary N) is 1. The SMILES string of the molecule is CCNCc1cc(N(CC)C(C)CC)c2ccccc2n1. The second kappa shape index (κ2) is 7.41. The van der Waals surface area contributed by atoms with Gasteiger partial charge in [0.25, 0.3) is 0 Å². The molecule has 1 aromatic heterocycles. The van der Waals surface area contributed by atoms with E-state index in [2.05, 4.69) is 68.2 Å². The van der Waals surface area contributed by atoms with Crippen LogP contribution in [0, 0.1) is 0 Å². The Labute approximate surface area is 128 Å². The zero-order chi connectivity index (χ0) is 15.2. The number of benzene rings is 1. The summed E-state index contributed by atoms with van der Waals surface area (Å²) in [4.78, 5) is 7.27. The number of pyridine rings is 1. The molecule has 0 aliphatic carbocycles. The summed E-state index contributed by atoms with van der Waals surface area (Å²) in [6.07, 6.45) is 1.15. The van der Waals surface area contributed by atoms with Crippen molar-refractivity contribution in [1.29, 1.82) is 0 Å². The Morgan fingerprint density at radius 3 is 2.62 bits per heavy atom. The molecule has 1 atom stereocenters. The number of fused-ring (bicyclic) bond motifs is 1. The first-order valence-electron chi connectivity index (χ1n) is 8.07. The molecule has 0 bridgehead atoms. The topological polar surface area (TPSA) is 28.2 Å². The molecule has 0 radical (unpaired) electrons. The number of nitrogens with zero attached hydrogens (tertiary/aromatic N) is 2. The van der Waals surface area contributed by atoms with Crippen LogP contribution >= 0.6 is 0 Å². The van der Waals surface area contributed by atoms with Gasteiger partial charge in [-0.2, -0.15) is 0 Å². The Hall–Kier alpha value is -1.61. The minimum atomic E-state index is 0.535. The molecule has 0 fully saturated rings. The Morgan fingerprint density at radius 1 is 1.19 bits per heavy atom. The van der Waals surface area contributed by atoms with Gasteiger partial charge in [-0.3, -0.25) is 4.98 Å². The first-order valence-corrected chi connectivity index (χ1v) is 8.07. The van der Waals surface area contributed by atoms with Crippen LogP contribution in [0.4, 0.5) is 5.69 Å². The van der Waals surface area contributed by atoms with E-state index in [9.17, 15) is 0 Å². The van der Waals surface area contributed by atoms with Gasteiger partial charge < -0.3 is 10.2 Å². The van der Waals surface area contributed by atoms with Gasteiger partial charge in [0.15, 0.2) is 0 Å². The summed E-state index contributed by atoms with van der Waals surface area (Å²) in [5.74, 6) is 0. The van der Waals surface area contributed by atoms with E-state index in [1.54, 1.807) is 0 Å². The Bertz CT molecular complexity index is 580. The quantitative estimate of drug-likeness (QED) is 0.834. The van der Waals surface area contributed by atoms with Gasteiger partial charge in [0, 0.05) is 30.2 Å². The van der Waals surface area contributed by atoms with Gasteiger partial charge in [-0.1, -0.05) is 32.0 Å². The van der Waals surface area contributed by atoms with Gasteiger partial charge >= 0.3 is 0 Å². The summed E-state index contributed by atoms with van der Waals surface area (Å²) in [6, 6.07) is 11.2. The largest absolute Gasteiger partial charge is 0.369 e. The van der Waals surface area contributed by atoms with Crippen molar-refractivity contribution in [2.24, 2.45) is 0 Å². The highest BCUT2D eigenvalue weighted by molar-refractivity contribution is 5.92. The second-order valence-electron chi connectivity index (χ2n) is 5.47. The van der Waals surface area contributed by atoms with Crippen LogP contribution in [0.2, 0.25) is 0 Å². The first-order chi connectivity index (χ1) is 10.2. The minimum Gasteiger partial charge on any atom is -0.369 e. The van der Waals surface area contributed by atoms with E-state index >= 15 is 0 Å². The van der Waals surface area contributed by atoms with Crippen molar-refractivity contribution in [2.45, 2.75) is 46.7 Å². The number of hydrogen-bond acceptors (Lipinski definition) is 3. The number of anilines is 1. The third kappa shape index (κ3) is 3.53. The smallest absolute Gasteiger partial charge is 0.0726 e. The maximum Gasteiger partial charge on any atom is 0.0726 e. The lowest BCUT2D eigenvalue weighted by molar-refractivity contribution is 0.630. The molecule has 114 valence electrons. The summed E-state index contributed by atoms with van der Waals surface area (Å²) in [5, 5.41) is 4.63. The predicted octanol–water partition coefficient (Wildman–Crippen LogP) is 3.97. The van der Waals surface area contributed by atoms with Crippen LogP contribution in [0.3, 0.4) is 0 Å². The fraction of sp³-hybridized carbons (Fsp3) is 0.500. The average Bonchev–Trinajstić information content (AvgIpc) is 2.53. The molecule has 2 aromatic rings. The van der Waals surface area contributed by atoms with Crippen LogP contribution in [0.15, 0.2) is 30.3 Å². The fourth-order valence-corrected chi connectivity index (χ4v) is 2.73. The van der Waals surface area contributed by atoms with E-state index in [1.165, 1.54) is 11.1 Å². The molecule has 3 nitrogen and oxygen atoms in total. The van der Waals surface area contributed by atoms with Crippen LogP contribution in [-0.2, 0) is 6.54 Å². The van der Waals surface area contributed by atoms with Crippen molar-refractivity contribution in [1.82, 2.24) is 10.3 Å². The molecule has 0 aliphatic heterocycles. The summed E-state index contributed by atoms with van der Waals surface area (Å²) >= 11 is 0. The lowest BCUT2D eigenvalue weighted by Crippen LogP contribution is -2.32. The number of rotatable bonds is 7. The normalized spacial score (nSPS) is 12.6. The van der Waals surface area contributed by atoms with Gasteiger partial charge in [0.05, 0.1) is 11.2 Å². The Morgan fingerprint density at radius 2 is 1.95 bits per heavy atom. The molecule has 0 spiro atoms. The molecule has 1 unspecified atom stereocenters. The zero-order valence-corrected chi connectivity index (χ0v) is 13.7. The standard InChI is InChI=1S/C18H27N3/c1-5-14(4)21(7-3)18-12-15(13-19-6-2)20-17-11-9-8-10-16(17)18/h8-12,14,19H,5-7,13H2,1-4H3. The van der Waals surface area contributed by atoms with E-state index in [0.29, 0.717) is 6.04 Å². The fourth-order valence-electron chi connectivity index (χ4n) is 2.73. The highest BCUT2D eigenvalue weighted by Gasteiger charge is 2.15. The maximum atomic E-state index is 4.79. The molecule has 0 amide bonds. The molecule has 1 aromatic carbocycles.